The smallest absolute Gasteiger partial charge is 0.416 e. The van der Waals surface area contributed by atoms with Gasteiger partial charge in [0.2, 0.25) is 0 Å². The van der Waals surface area contributed by atoms with Crippen LogP contribution in [0.4, 0.5) is 13.2 Å². The van der Waals surface area contributed by atoms with Crippen molar-refractivity contribution in [1.82, 2.24) is 0 Å². The monoisotopic (exact) mass is 380 g/mol. The van der Waals surface area contributed by atoms with Gasteiger partial charge in [-0.15, -0.1) is 0 Å². The number of hydrogen-bond acceptors (Lipinski definition) is 3. The Balaban J connectivity index is 2.33. The number of alkyl halides is 3. The fraction of sp³-hybridized carbons (Fsp3) is 0.211. The summed E-state index contributed by atoms with van der Waals surface area (Å²) in [6.07, 6.45) is -5.02. The number of aliphatic carboxylic acids is 2. The van der Waals surface area contributed by atoms with Crippen LogP contribution in [0.5, 0.6) is 0 Å². The van der Waals surface area contributed by atoms with Crippen molar-refractivity contribution >= 4 is 17.7 Å². The molecule has 0 saturated carbocycles. The lowest BCUT2D eigenvalue weighted by molar-refractivity contribution is -0.155. The first-order valence-electron chi connectivity index (χ1n) is 7.82. The number of carbonyl (C=O) groups excluding carboxylic acids is 1. The van der Waals surface area contributed by atoms with Crippen LogP contribution in [0.15, 0.2) is 54.6 Å². The van der Waals surface area contributed by atoms with E-state index in [0.717, 1.165) is 24.3 Å². The highest BCUT2D eigenvalue weighted by atomic mass is 19.4. The summed E-state index contributed by atoms with van der Waals surface area (Å²) in [7, 11) is 0. The maximum absolute atomic E-state index is 12.6. The Hall–Kier alpha value is -3.16. The molecule has 2 rings (SSSR count). The predicted molar refractivity (Wildman–Crippen MR) is 88.3 cm³/mol. The van der Waals surface area contributed by atoms with Crippen LogP contribution in [-0.4, -0.2) is 27.9 Å². The van der Waals surface area contributed by atoms with Gasteiger partial charge in [-0.3, -0.25) is 14.4 Å². The molecule has 27 heavy (non-hydrogen) atoms. The van der Waals surface area contributed by atoms with Crippen LogP contribution < -0.4 is 0 Å². The summed E-state index contributed by atoms with van der Waals surface area (Å²) < 4.78 is 37.9. The third kappa shape index (κ3) is 4.93. The summed E-state index contributed by atoms with van der Waals surface area (Å²) in [6, 6.07) is 11.3. The van der Waals surface area contributed by atoms with E-state index in [-0.39, 0.29) is 5.56 Å². The van der Waals surface area contributed by atoms with E-state index in [2.05, 4.69) is 0 Å². The van der Waals surface area contributed by atoms with Crippen molar-refractivity contribution in [2.75, 3.05) is 0 Å². The van der Waals surface area contributed by atoms with E-state index in [0.29, 0.717) is 5.56 Å². The number of halogens is 3. The molecule has 0 bridgehead atoms. The number of ketones is 1. The van der Waals surface area contributed by atoms with Crippen LogP contribution in [0.3, 0.4) is 0 Å². The number of benzene rings is 2. The largest absolute Gasteiger partial charge is 0.481 e. The Labute approximate surface area is 152 Å². The Morgan fingerprint density at radius 3 is 1.81 bits per heavy atom. The first-order chi connectivity index (χ1) is 12.6. The van der Waals surface area contributed by atoms with E-state index in [4.69, 9.17) is 0 Å². The Kier molecular flexibility index (Phi) is 5.99. The lowest BCUT2D eigenvalue weighted by atomic mass is 9.81. The SMILES string of the molecule is O=C(C[C@@H](c1ccccc1)C(C(=O)O)C(=O)O)c1ccc(C(F)(F)F)cc1. The van der Waals surface area contributed by atoms with Crippen LogP contribution >= 0.6 is 0 Å². The molecule has 142 valence electrons. The molecule has 2 N–H and O–H groups in total. The lowest BCUT2D eigenvalue weighted by Gasteiger charge is -2.21. The number of carboxylic acids is 2. The topological polar surface area (TPSA) is 91.7 Å². The highest BCUT2D eigenvalue weighted by Crippen LogP contribution is 2.32. The molecule has 0 amide bonds. The minimum atomic E-state index is -4.55. The zero-order chi connectivity index (χ0) is 20.2. The van der Waals surface area contributed by atoms with Gasteiger partial charge in [-0.05, 0) is 17.7 Å². The molecule has 5 nitrogen and oxygen atoms in total. The number of Topliss-reactive ketones (excluding diaryl/α,β-unsaturated/α-hetero) is 1. The Morgan fingerprint density at radius 2 is 1.37 bits per heavy atom. The van der Waals surface area contributed by atoms with Gasteiger partial charge >= 0.3 is 18.1 Å². The van der Waals surface area contributed by atoms with Crippen molar-refractivity contribution in [2.24, 2.45) is 5.92 Å². The molecule has 0 aromatic heterocycles. The van der Waals surface area contributed by atoms with Crippen molar-refractivity contribution in [3.8, 4) is 0 Å². The van der Waals surface area contributed by atoms with Gasteiger partial charge in [0.15, 0.2) is 11.7 Å². The van der Waals surface area contributed by atoms with Gasteiger partial charge in [-0.2, -0.15) is 13.2 Å². The maximum Gasteiger partial charge on any atom is 0.416 e. The van der Waals surface area contributed by atoms with Crippen molar-refractivity contribution in [3.05, 3.63) is 71.3 Å². The predicted octanol–water partition coefficient (Wildman–Crippen LogP) is 3.85. The van der Waals surface area contributed by atoms with Gasteiger partial charge in [-0.1, -0.05) is 42.5 Å². The molecule has 0 heterocycles. The third-order valence-electron chi connectivity index (χ3n) is 4.10. The summed E-state index contributed by atoms with van der Waals surface area (Å²) in [5, 5.41) is 18.5. The molecule has 2 aromatic rings. The lowest BCUT2D eigenvalue weighted by Crippen LogP contribution is -2.31. The molecule has 0 aliphatic carbocycles. The Morgan fingerprint density at radius 1 is 0.852 bits per heavy atom. The van der Waals surface area contributed by atoms with E-state index < -0.39 is 47.7 Å². The molecule has 0 unspecified atom stereocenters. The van der Waals surface area contributed by atoms with Crippen molar-refractivity contribution < 1.29 is 37.8 Å². The van der Waals surface area contributed by atoms with Gasteiger partial charge in [0, 0.05) is 17.9 Å². The average molecular weight is 380 g/mol. The van der Waals surface area contributed by atoms with E-state index in [1.54, 1.807) is 18.2 Å². The quantitative estimate of drug-likeness (QED) is 0.562. The summed E-state index contributed by atoms with van der Waals surface area (Å²) >= 11 is 0. The third-order valence-corrected chi connectivity index (χ3v) is 4.10. The molecule has 8 heteroatoms. The molecular weight excluding hydrogens is 365 g/mol. The zero-order valence-corrected chi connectivity index (χ0v) is 13.8. The van der Waals surface area contributed by atoms with Gasteiger partial charge in [0.1, 0.15) is 0 Å². The molecule has 0 fully saturated rings. The summed E-state index contributed by atoms with van der Waals surface area (Å²) in [5.74, 6) is -6.89. The second kappa shape index (κ2) is 8.03. The number of rotatable bonds is 7. The maximum atomic E-state index is 12.6. The van der Waals surface area contributed by atoms with E-state index in [1.165, 1.54) is 12.1 Å². The van der Waals surface area contributed by atoms with Gasteiger partial charge in [-0.25, -0.2) is 0 Å². The highest BCUT2D eigenvalue weighted by Gasteiger charge is 2.37. The fourth-order valence-corrected chi connectivity index (χ4v) is 2.74. The normalized spacial score (nSPS) is 12.6. The minimum Gasteiger partial charge on any atom is -0.481 e. The highest BCUT2D eigenvalue weighted by molar-refractivity contribution is 5.99. The molecule has 0 radical (unpaired) electrons. The standard InChI is InChI=1S/C19H15F3O5/c20-19(21,22)13-8-6-12(7-9-13)15(23)10-14(11-4-2-1-3-5-11)16(17(24)25)18(26)27/h1-9,14,16H,10H2,(H,24,25)(H,26,27)/t14-/m0/s1. The molecule has 1 atom stereocenters. The van der Waals surface area contributed by atoms with Crippen molar-refractivity contribution in [1.29, 1.82) is 0 Å². The molecule has 2 aromatic carbocycles. The number of hydrogen-bond donors (Lipinski definition) is 2. The molecule has 0 saturated heterocycles. The Bertz CT molecular complexity index is 815. The van der Waals surface area contributed by atoms with Crippen molar-refractivity contribution in [2.45, 2.75) is 18.5 Å². The van der Waals surface area contributed by atoms with Crippen LogP contribution in [-0.2, 0) is 15.8 Å². The first kappa shape index (κ1) is 20.2. The summed E-state index contributed by atoms with van der Waals surface area (Å²) in [5.41, 5.74) is -0.640. The van der Waals surface area contributed by atoms with E-state index >= 15 is 0 Å². The second-order valence-corrected chi connectivity index (χ2v) is 5.87. The van der Waals surface area contributed by atoms with E-state index in [9.17, 15) is 37.8 Å². The van der Waals surface area contributed by atoms with E-state index in [1.807, 2.05) is 0 Å². The van der Waals surface area contributed by atoms with Crippen LogP contribution in [0, 0.1) is 5.92 Å². The second-order valence-electron chi connectivity index (χ2n) is 5.87. The van der Waals surface area contributed by atoms with Crippen LogP contribution in [0.2, 0.25) is 0 Å². The van der Waals surface area contributed by atoms with Gasteiger partial charge < -0.3 is 10.2 Å². The molecule has 0 aliphatic rings. The average Bonchev–Trinajstić information content (AvgIpc) is 2.60. The number of carboxylic acid groups (broad SMARTS) is 2. The summed E-state index contributed by atoms with van der Waals surface area (Å²) in [4.78, 5) is 35.3. The molecule has 0 spiro atoms. The first-order valence-corrected chi connectivity index (χ1v) is 7.82. The zero-order valence-electron chi connectivity index (χ0n) is 13.8. The molecule has 0 aliphatic heterocycles. The number of carbonyl (C=O) groups is 3. The van der Waals surface area contributed by atoms with Crippen molar-refractivity contribution in [3.63, 3.8) is 0 Å². The van der Waals surface area contributed by atoms with Crippen LogP contribution in [0.1, 0.15) is 33.8 Å². The van der Waals surface area contributed by atoms with Gasteiger partial charge in [0.05, 0.1) is 5.56 Å². The summed E-state index contributed by atoms with van der Waals surface area (Å²) in [6.45, 7) is 0. The van der Waals surface area contributed by atoms with Crippen LogP contribution in [0.25, 0.3) is 0 Å². The fourth-order valence-electron chi connectivity index (χ4n) is 2.74. The van der Waals surface area contributed by atoms with Gasteiger partial charge in [0.25, 0.3) is 0 Å². The minimum absolute atomic E-state index is 0.0570. The molecular formula is C19H15F3O5.